The fourth-order valence-electron chi connectivity index (χ4n) is 1.77. The largest absolute Gasteiger partial charge is 0.506 e. The van der Waals surface area contributed by atoms with Crippen molar-refractivity contribution in [3.63, 3.8) is 0 Å². The van der Waals surface area contributed by atoms with Gasteiger partial charge in [0.1, 0.15) is 11.3 Å². The number of carbonyl (C=O) groups is 1. The molecule has 1 heterocycles. The first-order valence-electron chi connectivity index (χ1n) is 4.83. The van der Waals surface area contributed by atoms with Crippen LogP contribution in [0.5, 0.6) is 5.75 Å². The Morgan fingerprint density at radius 3 is 2.69 bits per heavy atom. The molecule has 0 saturated heterocycles. The molecular weight excluding hydrogens is 206 g/mol. The number of hydrogen-bond acceptors (Lipinski definition) is 3. The average molecular weight is 217 g/mol. The second-order valence-corrected chi connectivity index (χ2v) is 3.76. The lowest BCUT2D eigenvalue weighted by atomic mass is 10.1. The quantitative estimate of drug-likeness (QED) is 0.734. The summed E-state index contributed by atoms with van der Waals surface area (Å²) in [4.78, 5) is 22.4. The molecule has 1 N–H and O–H groups in total. The lowest BCUT2D eigenvalue weighted by Crippen LogP contribution is -2.21. The summed E-state index contributed by atoms with van der Waals surface area (Å²) in [6, 6.07) is 5.35. The number of fused-ring (bicyclic) bond motifs is 1. The van der Waals surface area contributed by atoms with E-state index in [0.29, 0.717) is 17.2 Å². The maximum atomic E-state index is 11.7. The van der Waals surface area contributed by atoms with Crippen LogP contribution >= 0.6 is 0 Å². The summed E-state index contributed by atoms with van der Waals surface area (Å²) in [5, 5.41) is 10.4. The average Bonchev–Trinajstić information content (AvgIpc) is 2.27. The van der Waals surface area contributed by atoms with Crippen LogP contribution in [0.25, 0.3) is 10.9 Å². The summed E-state index contributed by atoms with van der Waals surface area (Å²) < 4.78 is 1.36. The van der Waals surface area contributed by atoms with Gasteiger partial charge in [0, 0.05) is 12.4 Å². The SMILES string of the molecule is Cc1ccc2c(c1)c(O)c(C=O)c(=O)n2C. The van der Waals surface area contributed by atoms with E-state index in [0.717, 1.165) is 5.56 Å². The fraction of sp³-hybridized carbons (Fsp3) is 0.167. The second kappa shape index (κ2) is 3.48. The van der Waals surface area contributed by atoms with Crippen LogP contribution in [0, 0.1) is 6.92 Å². The van der Waals surface area contributed by atoms with Crippen LogP contribution in [-0.4, -0.2) is 16.0 Å². The number of carbonyl (C=O) groups excluding carboxylic acids is 1. The van der Waals surface area contributed by atoms with Crippen molar-refractivity contribution >= 4 is 17.2 Å². The molecule has 0 bridgehead atoms. The van der Waals surface area contributed by atoms with Crippen molar-refractivity contribution in [1.82, 2.24) is 4.57 Å². The Morgan fingerprint density at radius 2 is 2.06 bits per heavy atom. The van der Waals surface area contributed by atoms with Gasteiger partial charge < -0.3 is 9.67 Å². The van der Waals surface area contributed by atoms with Gasteiger partial charge in [0.2, 0.25) is 0 Å². The molecule has 0 spiro atoms. The van der Waals surface area contributed by atoms with Gasteiger partial charge >= 0.3 is 0 Å². The van der Waals surface area contributed by atoms with Gasteiger partial charge in [0.05, 0.1) is 5.52 Å². The first-order chi connectivity index (χ1) is 7.56. The number of hydrogen-bond donors (Lipinski definition) is 1. The van der Waals surface area contributed by atoms with E-state index in [-0.39, 0.29) is 11.3 Å². The van der Waals surface area contributed by atoms with E-state index in [4.69, 9.17) is 0 Å². The van der Waals surface area contributed by atoms with Crippen molar-refractivity contribution in [3.8, 4) is 5.75 Å². The van der Waals surface area contributed by atoms with Crippen molar-refractivity contribution in [1.29, 1.82) is 0 Å². The van der Waals surface area contributed by atoms with Gasteiger partial charge in [-0.2, -0.15) is 0 Å². The van der Waals surface area contributed by atoms with Gasteiger partial charge in [0.15, 0.2) is 6.29 Å². The Kier molecular flexibility index (Phi) is 2.27. The Bertz CT molecular complexity index is 641. The Labute approximate surface area is 91.8 Å². The number of nitrogens with zero attached hydrogens (tertiary/aromatic N) is 1. The normalized spacial score (nSPS) is 10.6. The zero-order valence-corrected chi connectivity index (χ0v) is 9.02. The molecule has 0 aliphatic rings. The third-order valence-corrected chi connectivity index (χ3v) is 2.68. The highest BCUT2D eigenvalue weighted by Gasteiger charge is 2.13. The number of pyridine rings is 1. The van der Waals surface area contributed by atoms with E-state index >= 15 is 0 Å². The molecule has 4 heteroatoms. The Balaban J connectivity index is 3.08. The van der Waals surface area contributed by atoms with E-state index in [1.807, 2.05) is 13.0 Å². The topological polar surface area (TPSA) is 59.3 Å². The minimum atomic E-state index is -0.483. The number of aromatic hydroxyl groups is 1. The summed E-state index contributed by atoms with van der Waals surface area (Å²) in [5.74, 6) is -0.239. The number of benzene rings is 1. The molecule has 1 aromatic heterocycles. The summed E-state index contributed by atoms with van der Waals surface area (Å²) >= 11 is 0. The summed E-state index contributed by atoms with van der Waals surface area (Å²) in [5.41, 5.74) is 0.890. The molecule has 0 unspecified atom stereocenters. The van der Waals surface area contributed by atoms with Gasteiger partial charge in [0.25, 0.3) is 5.56 Å². The Hall–Kier alpha value is -2.10. The van der Waals surface area contributed by atoms with Crippen molar-refractivity contribution in [2.45, 2.75) is 6.92 Å². The summed E-state index contributed by atoms with van der Waals surface area (Å²) in [6.07, 6.45) is 0.388. The summed E-state index contributed by atoms with van der Waals surface area (Å²) in [6.45, 7) is 1.88. The van der Waals surface area contributed by atoms with E-state index in [1.165, 1.54) is 4.57 Å². The number of aromatic nitrogens is 1. The van der Waals surface area contributed by atoms with Crippen LogP contribution in [0.1, 0.15) is 15.9 Å². The molecule has 0 atom stereocenters. The predicted octanol–water partition coefficient (Wildman–Crippen LogP) is 1.37. The molecule has 2 aromatic rings. The number of rotatable bonds is 1. The molecule has 16 heavy (non-hydrogen) atoms. The van der Waals surface area contributed by atoms with Crippen LogP contribution in [0.2, 0.25) is 0 Å². The maximum Gasteiger partial charge on any atom is 0.265 e. The molecule has 1 aromatic carbocycles. The zero-order chi connectivity index (χ0) is 11.9. The lowest BCUT2D eigenvalue weighted by Gasteiger charge is -2.09. The molecule has 2 rings (SSSR count). The van der Waals surface area contributed by atoms with Crippen molar-refractivity contribution in [2.24, 2.45) is 7.05 Å². The van der Waals surface area contributed by atoms with E-state index in [9.17, 15) is 14.7 Å². The summed E-state index contributed by atoms with van der Waals surface area (Å²) in [7, 11) is 1.58. The number of aldehydes is 1. The van der Waals surface area contributed by atoms with Crippen LogP contribution in [0.3, 0.4) is 0 Å². The molecular formula is C12H11NO3. The Morgan fingerprint density at radius 1 is 1.38 bits per heavy atom. The van der Waals surface area contributed by atoms with Crippen LogP contribution < -0.4 is 5.56 Å². The molecule has 4 nitrogen and oxygen atoms in total. The smallest absolute Gasteiger partial charge is 0.265 e. The van der Waals surface area contributed by atoms with Crippen molar-refractivity contribution in [3.05, 3.63) is 39.7 Å². The highest BCUT2D eigenvalue weighted by molar-refractivity contribution is 5.93. The van der Waals surface area contributed by atoms with Gasteiger partial charge in [-0.1, -0.05) is 11.6 Å². The van der Waals surface area contributed by atoms with Gasteiger partial charge in [-0.25, -0.2) is 0 Å². The molecule has 82 valence electrons. The first kappa shape index (κ1) is 10.4. The van der Waals surface area contributed by atoms with Crippen LogP contribution in [0.15, 0.2) is 23.0 Å². The van der Waals surface area contributed by atoms with E-state index in [2.05, 4.69) is 0 Å². The minimum absolute atomic E-state index is 0.194. The molecule has 0 aliphatic heterocycles. The molecule has 0 saturated carbocycles. The maximum absolute atomic E-state index is 11.7. The molecule has 0 amide bonds. The molecule has 0 radical (unpaired) electrons. The van der Waals surface area contributed by atoms with E-state index < -0.39 is 5.56 Å². The van der Waals surface area contributed by atoms with Gasteiger partial charge in [-0.15, -0.1) is 0 Å². The monoisotopic (exact) mass is 217 g/mol. The van der Waals surface area contributed by atoms with E-state index in [1.54, 1.807) is 19.2 Å². The third kappa shape index (κ3) is 1.31. The van der Waals surface area contributed by atoms with Crippen molar-refractivity contribution < 1.29 is 9.90 Å². The van der Waals surface area contributed by atoms with Crippen LogP contribution in [0.4, 0.5) is 0 Å². The molecule has 0 fully saturated rings. The highest BCUT2D eigenvalue weighted by atomic mass is 16.3. The zero-order valence-electron chi connectivity index (χ0n) is 9.02. The van der Waals surface area contributed by atoms with Crippen LogP contribution in [-0.2, 0) is 7.05 Å². The molecule has 0 aliphatic carbocycles. The number of aryl methyl sites for hydroxylation is 2. The van der Waals surface area contributed by atoms with Gasteiger partial charge in [-0.05, 0) is 19.1 Å². The first-order valence-corrected chi connectivity index (χ1v) is 4.83. The fourth-order valence-corrected chi connectivity index (χ4v) is 1.77. The predicted molar refractivity (Wildman–Crippen MR) is 61.0 cm³/mol. The third-order valence-electron chi connectivity index (χ3n) is 2.68. The van der Waals surface area contributed by atoms with Crippen molar-refractivity contribution in [2.75, 3.05) is 0 Å². The van der Waals surface area contributed by atoms with Gasteiger partial charge in [-0.3, -0.25) is 9.59 Å². The highest BCUT2D eigenvalue weighted by Crippen LogP contribution is 2.25. The standard InChI is InChI=1S/C12H11NO3/c1-7-3-4-10-8(5-7)11(15)9(6-14)12(16)13(10)2/h3-6,15H,1-2H3. The minimum Gasteiger partial charge on any atom is -0.506 e. The second-order valence-electron chi connectivity index (χ2n) is 3.76. The lowest BCUT2D eigenvalue weighted by molar-refractivity contribution is 0.111.